The lowest BCUT2D eigenvalue weighted by Crippen LogP contribution is -2.57. The molecule has 8 nitrogen and oxygen atoms in total. The Morgan fingerprint density at radius 1 is 1.17 bits per heavy atom. The van der Waals surface area contributed by atoms with Crippen molar-refractivity contribution in [3.05, 3.63) is 21.9 Å². The molecule has 30 heavy (non-hydrogen) atoms. The molecule has 3 fully saturated rings. The van der Waals surface area contributed by atoms with Gasteiger partial charge in [0.15, 0.2) is 0 Å². The summed E-state index contributed by atoms with van der Waals surface area (Å²) < 4.78 is 0. The lowest BCUT2D eigenvalue weighted by atomic mass is 9.87. The first-order valence-electron chi connectivity index (χ1n) is 10.6. The van der Waals surface area contributed by atoms with E-state index in [0.717, 1.165) is 11.3 Å². The predicted octanol–water partition coefficient (Wildman–Crippen LogP) is 1.98. The zero-order valence-electron chi connectivity index (χ0n) is 17.5. The van der Waals surface area contributed by atoms with Crippen LogP contribution in [-0.2, 0) is 9.59 Å². The molecule has 0 aromatic carbocycles. The van der Waals surface area contributed by atoms with Crippen LogP contribution in [0.15, 0.2) is 12.1 Å². The first kappa shape index (κ1) is 20.8. The van der Waals surface area contributed by atoms with Crippen LogP contribution in [0.3, 0.4) is 0 Å². The van der Waals surface area contributed by atoms with Gasteiger partial charge in [0.1, 0.15) is 5.54 Å². The van der Waals surface area contributed by atoms with Crippen LogP contribution >= 0.6 is 11.3 Å². The highest BCUT2D eigenvalue weighted by Gasteiger charge is 2.54. The summed E-state index contributed by atoms with van der Waals surface area (Å²) >= 11 is 1.46. The monoisotopic (exact) mass is 432 g/mol. The number of amides is 5. The molecule has 1 spiro atoms. The molecule has 5 amide bonds. The Kier molecular flexibility index (Phi) is 5.57. The van der Waals surface area contributed by atoms with Crippen molar-refractivity contribution in [1.29, 1.82) is 0 Å². The van der Waals surface area contributed by atoms with Crippen LogP contribution in [0.5, 0.6) is 0 Å². The van der Waals surface area contributed by atoms with E-state index in [1.807, 2.05) is 26.0 Å². The third-order valence-corrected chi connectivity index (χ3v) is 7.45. The van der Waals surface area contributed by atoms with Crippen LogP contribution in [0.25, 0.3) is 0 Å². The SMILES string of the molecule is CCC(=O)N1CCC2(CC1)NC(=O)N([C@@H]1CCCN(C(=O)c3ccc(C)s3)C1)C2=O. The van der Waals surface area contributed by atoms with Crippen LogP contribution in [0.1, 0.15) is 53.6 Å². The molecular weight excluding hydrogens is 404 g/mol. The van der Waals surface area contributed by atoms with Gasteiger partial charge in [-0.2, -0.15) is 0 Å². The number of hydrogen-bond acceptors (Lipinski definition) is 5. The van der Waals surface area contributed by atoms with Crippen LogP contribution < -0.4 is 5.32 Å². The molecule has 0 radical (unpaired) electrons. The molecule has 0 bridgehead atoms. The maximum atomic E-state index is 13.3. The molecule has 4 rings (SSSR count). The van der Waals surface area contributed by atoms with E-state index in [-0.39, 0.29) is 29.8 Å². The number of urea groups is 1. The van der Waals surface area contributed by atoms with Crippen LogP contribution in [0, 0.1) is 6.92 Å². The molecule has 1 N–H and O–H groups in total. The van der Waals surface area contributed by atoms with Gasteiger partial charge in [0.2, 0.25) is 5.91 Å². The molecule has 4 heterocycles. The molecule has 0 unspecified atom stereocenters. The first-order valence-corrected chi connectivity index (χ1v) is 11.5. The Bertz CT molecular complexity index is 874. The summed E-state index contributed by atoms with van der Waals surface area (Å²) in [6, 6.07) is 3.07. The van der Waals surface area contributed by atoms with Crippen LogP contribution in [0.2, 0.25) is 0 Å². The summed E-state index contributed by atoms with van der Waals surface area (Å²) in [5.41, 5.74) is -0.918. The number of piperidine rings is 2. The number of likely N-dealkylation sites (tertiary alicyclic amines) is 2. The second-order valence-electron chi connectivity index (χ2n) is 8.38. The third-order valence-electron chi connectivity index (χ3n) is 6.47. The van der Waals surface area contributed by atoms with Crippen molar-refractivity contribution < 1.29 is 19.2 Å². The summed E-state index contributed by atoms with van der Waals surface area (Å²) in [5, 5.41) is 2.92. The number of imide groups is 1. The second kappa shape index (κ2) is 8.02. The van der Waals surface area contributed by atoms with Gasteiger partial charge in [-0.25, -0.2) is 4.79 Å². The van der Waals surface area contributed by atoms with Gasteiger partial charge in [0, 0.05) is 37.5 Å². The van der Waals surface area contributed by atoms with Gasteiger partial charge in [-0.3, -0.25) is 19.3 Å². The van der Waals surface area contributed by atoms with Gasteiger partial charge < -0.3 is 15.1 Å². The van der Waals surface area contributed by atoms with E-state index < -0.39 is 5.54 Å². The van der Waals surface area contributed by atoms with Gasteiger partial charge in [-0.05, 0) is 44.7 Å². The highest BCUT2D eigenvalue weighted by atomic mass is 32.1. The molecule has 3 aliphatic rings. The number of hydrogen-bond donors (Lipinski definition) is 1. The third kappa shape index (κ3) is 3.59. The van der Waals surface area contributed by atoms with Crippen LogP contribution in [-0.4, -0.2) is 76.2 Å². The average Bonchev–Trinajstić information content (AvgIpc) is 3.28. The topological polar surface area (TPSA) is 90.0 Å². The Morgan fingerprint density at radius 3 is 2.53 bits per heavy atom. The van der Waals surface area contributed by atoms with Crippen molar-refractivity contribution >= 4 is 35.1 Å². The quantitative estimate of drug-likeness (QED) is 0.740. The Morgan fingerprint density at radius 2 is 1.90 bits per heavy atom. The van der Waals surface area contributed by atoms with Crippen molar-refractivity contribution in [1.82, 2.24) is 20.0 Å². The standard InChI is InChI=1S/C21H28N4O4S/c1-3-17(26)23-11-8-21(9-12-23)19(28)25(20(29)22-21)15-5-4-10-24(13-15)18(27)16-7-6-14(2)30-16/h6-7,15H,3-5,8-13H2,1-2H3,(H,22,29)/t15-/m1/s1. The van der Waals surface area contributed by atoms with E-state index >= 15 is 0 Å². The normalized spacial score (nSPS) is 23.8. The molecule has 162 valence electrons. The first-order chi connectivity index (χ1) is 14.3. The minimum absolute atomic E-state index is 0.0362. The van der Waals surface area contributed by atoms with Gasteiger partial charge >= 0.3 is 6.03 Å². The van der Waals surface area contributed by atoms with Crippen molar-refractivity contribution in [3.8, 4) is 0 Å². The minimum Gasteiger partial charge on any atom is -0.343 e. The Labute approximate surface area is 180 Å². The zero-order valence-corrected chi connectivity index (χ0v) is 18.3. The van der Waals surface area contributed by atoms with E-state index in [1.165, 1.54) is 16.2 Å². The summed E-state index contributed by atoms with van der Waals surface area (Å²) in [5.74, 6) is -0.169. The minimum atomic E-state index is -0.918. The van der Waals surface area contributed by atoms with E-state index in [0.29, 0.717) is 56.7 Å². The molecule has 1 aromatic rings. The fourth-order valence-corrected chi connectivity index (χ4v) is 5.56. The Hall–Kier alpha value is -2.42. The maximum absolute atomic E-state index is 13.3. The predicted molar refractivity (Wildman–Crippen MR) is 112 cm³/mol. The number of rotatable bonds is 3. The molecule has 3 saturated heterocycles. The highest BCUT2D eigenvalue weighted by molar-refractivity contribution is 7.13. The van der Waals surface area contributed by atoms with Crippen molar-refractivity contribution in [2.75, 3.05) is 26.2 Å². The molecule has 0 aliphatic carbocycles. The number of nitrogens with zero attached hydrogens (tertiary/aromatic N) is 3. The van der Waals surface area contributed by atoms with E-state index in [2.05, 4.69) is 5.32 Å². The number of nitrogens with one attached hydrogen (secondary N) is 1. The number of aryl methyl sites for hydroxylation is 1. The van der Waals surface area contributed by atoms with Crippen molar-refractivity contribution in [2.24, 2.45) is 0 Å². The lowest BCUT2D eigenvalue weighted by Gasteiger charge is -2.39. The molecule has 9 heteroatoms. The molecular formula is C21H28N4O4S. The van der Waals surface area contributed by atoms with Gasteiger partial charge in [0.25, 0.3) is 11.8 Å². The zero-order chi connectivity index (χ0) is 21.5. The summed E-state index contributed by atoms with van der Waals surface area (Å²) in [4.78, 5) is 57.6. The second-order valence-corrected chi connectivity index (χ2v) is 9.67. The van der Waals surface area contributed by atoms with Gasteiger partial charge in [0.05, 0.1) is 10.9 Å². The highest BCUT2D eigenvalue weighted by Crippen LogP contribution is 2.33. The summed E-state index contributed by atoms with van der Waals surface area (Å²) in [6.45, 7) is 5.73. The van der Waals surface area contributed by atoms with E-state index in [1.54, 1.807) is 9.80 Å². The van der Waals surface area contributed by atoms with Crippen molar-refractivity contribution in [3.63, 3.8) is 0 Å². The summed E-state index contributed by atoms with van der Waals surface area (Å²) in [7, 11) is 0. The summed E-state index contributed by atoms with van der Waals surface area (Å²) in [6.07, 6.45) is 2.76. The molecule has 0 saturated carbocycles. The molecule has 3 aliphatic heterocycles. The van der Waals surface area contributed by atoms with E-state index in [4.69, 9.17) is 0 Å². The fraction of sp³-hybridized carbons (Fsp3) is 0.619. The number of thiophene rings is 1. The fourth-order valence-electron chi connectivity index (χ4n) is 4.73. The number of carbonyl (C=O) groups is 4. The molecule has 1 atom stereocenters. The van der Waals surface area contributed by atoms with Gasteiger partial charge in [-0.1, -0.05) is 6.92 Å². The average molecular weight is 433 g/mol. The molecule has 1 aromatic heterocycles. The smallest absolute Gasteiger partial charge is 0.325 e. The number of carbonyl (C=O) groups excluding carboxylic acids is 4. The maximum Gasteiger partial charge on any atom is 0.325 e. The Balaban J connectivity index is 1.45. The lowest BCUT2D eigenvalue weighted by molar-refractivity contribution is -0.139. The largest absolute Gasteiger partial charge is 0.343 e. The van der Waals surface area contributed by atoms with Crippen molar-refractivity contribution in [2.45, 2.75) is 57.5 Å². The van der Waals surface area contributed by atoms with Gasteiger partial charge in [-0.15, -0.1) is 11.3 Å². The van der Waals surface area contributed by atoms with E-state index in [9.17, 15) is 19.2 Å². The van der Waals surface area contributed by atoms with Crippen LogP contribution in [0.4, 0.5) is 4.79 Å².